The molecule has 0 saturated heterocycles. The summed E-state index contributed by atoms with van der Waals surface area (Å²) in [6.07, 6.45) is 3.10. The molecular formula is C13H12N4. The van der Waals surface area contributed by atoms with Crippen molar-refractivity contribution in [1.82, 2.24) is 9.97 Å². The molecule has 0 radical (unpaired) electrons. The quantitative estimate of drug-likeness (QED) is 0.800. The highest BCUT2D eigenvalue weighted by atomic mass is 15.2. The predicted molar refractivity (Wildman–Crippen MR) is 65.3 cm³/mol. The summed E-state index contributed by atoms with van der Waals surface area (Å²) < 4.78 is 0. The second-order valence-corrected chi connectivity index (χ2v) is 3.71. The molecule has 0 unspecified atom stereocenters. The zero-order valence-electron chi connectivity index (χ0n) is 9.54. The van der Waals surface area contributed by atoms with Gasteiger partial charge in [-0.15, -0.1) is 0 Å². The Morgan fingerprint density at radius 1 is 1.18 bits per heavy atom. The Labute approximate surface area is 100 Å². The highest BCUT2D eigenvalue weighted by molar-refractivity contribution is 5.37. The first-order chi connectivity index (χ1) is 8.29. The highest BCUT2D eigenvalue weighted by Gasteiger charge is 2.03. The van der Waals surface area contributed by atoms with E-state index < -0.39 is 0 Å². The van der Waals surface area contributed by atoms with E-state index in [9.17, 15) is 0 Å². The fraction of sp³-hybridized carbons (Fsp3) is 0.154. The van der Waals surface area contributed by atoms with Crippen LogP contribution in [0.25, 0.3) is 0 Å². The third-order valence-corrected chi connectivity index (χ3v) is 2.41. The van der Waals surface area contributed by atoms with Crippen molar-refractivity contribution in [2.45, 2.75) is 6.54 Å². The maximum absolute atomic E-state index is 8.64. The molecule has 0 aliphatic rings. The Hall–Kier alpha value is -2.41. The molecule has 0 spiro atoms. The first kappa shape index (κ1) is 11.1. The molecule has 17 heavy (non-hydrogen) atoms. The number of hydrogen-bond donors (Lipinski definition) is 0. The summed E-state index contributed by atoms with van der Waals surface area (Å²) in [5, 5.41) is 8.64. The highest BCUT2D eigenvalue weighted by Crippen LogP contribution is 2.10. The van der Waals surface area contributed by atoms with Gasteiger partial charge in [-0.3, -0.25) is 0 Å². The van der Waals surface area contributed by atoms with Gasteiger partial charge in [0.25, 0.3) is 0 Å². The number of rotatable bonds is 3. The van der Waals surface area contributed by atoms with E-state index in [0.717, 1.165) is 12.4 Å². The lowest BCUT2D eigenvalue weighted by atomic mass is 10.2. The minimum Gasteiger partial charge on any atom is -0.354 e. The third-order valence-electron chi connectivity index (χ3n) is 2.41. The molecule has 2 aromatic rings. The van der Waals surface area contributed by atoms with E-state index in [0.29, 0.717) is 5.69 Å². The van der Waals surface area contributed by atoms with Gasteiger partial charge in [0.2, 0.25) is 0 Å². The van der Waals surface area contributed by atoms with Crippen LogP contribution in [0, 0.1) is 11.3 Å². The van der Waals surface area contributed by atoms with E-state index in [1.54, 1.807) is 6.20 Å². The molecule has 2 rings (SSSR count). The second kappa shape index (κ2) is 5.08. The lowest BCUT2D eigenvalue weighted by molar-refractivity contribution is 0.888. The van der Waals surface area contributed by atoms with Crippen molar-refractivity contribution in [2.75, 3.05) is 11.9 Å². The summed E-state index contributed by atoms with van der Waals surface area (Å²) in [5.74, 6) is 0.757. The molecule has 0 bridgehead atoms. The van der Waals surface area contributed by atoms with E-state index in [1.807, 2.05) is 36.2 Å². The fourth-order valence-corrected chi connectivity index (χ4v) is 1.51. The van der Waals surface area contributed by atoms with Crippen LogP contribution < -0.4 is 4.90 Å². The Morgan fingerprint density at radius 2 is 1.94 bits per heavy atom. The summed E-state index contributed by atoms with van der Waals surface area (Å²) in [4.78, 5) is 10.2. The Kier molecular flexibility index (Phi) is 3.31. The van der Waals surface area contributed by atoms with E-state index in [-0.39, 0.29) is 0 Å². The maximum Gasteiger partial charge on any atom is 0.158 e. The SMILES string of the molecule is CN(Cc1ccccc1)c1cnc(C#N)cn1. The molecule has 1 aromatic carbocycles. The monoisotopic (exact) mass is 224 g/mol. The van der Waals surface area contributed by atoms with Crippen LogP contribution in [0.5, 0.6) is 0 Å². The van der Waals surface area contributed by atoms with Gasteiger partial charge in [0, 0.05) is 13.6 Å². The number of nitrogens with zero attached hydrogens (tertiary/aromatic N) is 4. The predicted octanol–water partition coefficient (Wildman–Crippen LogP) is 1.98. The van der Waals surface area contributed by atoms with Crippen LogP contribution in [0.1, 0.15) is 11.3 Å². The van der Waals surface area contributed by atoms with Crippen molar-refractivity contribution in [2.24, 2.45) is 0 Å². The number of aromatic nitrogens is 2. The molecule has 1 heterocycles. The van der Waals surface area contributed by atoms with Crippen LogP contribution in [-0.4, -0.2) is 17.0 Å². The molecular weight excluding hydrogens is 212 g/mol. The molecule has 0 atom stereocenters. The van der Waals surface area contributed by atoms with Gasteiger partial charge in [0.1, 0.15) is 11.9 Å². The molecule has 1 aromatic heterocycles. The van der Waals surface area contributed by atoms with Crippen LogP contribution in [0.4, 0.5) is 5.82 Å². The molecule has 4 nitrogen and oxygen atoms in total. The zero-order chi connectivity index (χ0) is 12.1. The van der Waals surface area contributed by atoms with Crippen LogP contribution in [0.15, 0.2) is 42.7 Å². The van der Waals surface area contributed by atoms with Gasteiger partial charge >= 0.3 is 0 Å². The Morgan fingerprint density at radius 3 is 2.53 bits per heavy atom. The minimum atomic E-state index is 0.335. The van der Waals surface area contributed by atoms with E-state index >= 15 is 0 Å². The molecule has 0 fully saturated rings. The lowest BCUT2D eigenvalue weighted by Gasteiger charge is -2.17. The van der Waals surface area contributed by atoms with E-state index in [4.69, 9.17) is 5.26 Å². The average Bonchev–Trinajstić information content (AvgIpc) is 2.40. The van der Waals surface area contributed by atoms with Crippen LogP contribution in [0.3, 0.4) is 0 Å². The normalized spacial score (nSPS) is 9.65. The van der Waals surface area contributed by atoms with Crippen LogP contribution >= 0.6 is 0 Å². The van der Waals surface area contributed by atoms with Crippen molar-refractivity contribution in [3.05, 3.63) is 54.0 Å². The molecule has 84 valence electrons. The van der Waals surface area contributed by atoms with Crippen LogP contribution in [0.2, 0.25) is 0 Å². The fourth-order valence-electron chi connectivity index (χ4n) is 1.51. The Balaban J connectivity index is 2.10. The van der Waals surface area contributed by atoms with Gasteiger partial charge < -0.3 is 4.90 Å². The van der Waals surface area contributed by atoms with Gasteiger partial charge in [-0.1, -0.05) is 30.3 Å². The lowest BCUT2D eigenvalue weighted by Crippen LogP contribution is -2.17. The van der Waals surface area contributed by atoms with Gasteiger partial charge in [-0.25, -0.2) is 9.97 Å². The van der Waals surface area contributed by atoms with Gasteiger partial charge in [-0.05, 0) is 5.56 Å². The summed E-state index contributed by atoms with van der Waals surface area (Å²) in [7, 11) is 1.95. The summed E-state index contributed by atoms with van der Waals surface area (Å²) >= 11 is 0. The molecule has 0 N–H and O–H groups in total. The maximum atomic E-state index is 8.64. The molecule has 0 aliphatic heterocycles. The number of nitriles is 1. The van der Waals surface area contributed by atoms with E-state index in [1.165, 1.54) is 11.8 Å². The average molecular weight is 224 g/mol. The number of benzene rings is 1. The van der Waals surface area contributed by atoms with Gasteiger partial charge in [-0.2, -0.15) is 5.26 Å². The number of hydrogen-bond acceptors (Lipinski definition) is 4. The van der Waals surface area contributed by atoms with Gasteiger partial charge in [0.05, 0.1) is 12.4 Å². The topological polar surface area (TPSA) is 52.8 Å². The van der Waals surface area contributed by atoms with E-state index in [2.05, 4.69) is 22.1 Å². The first-order valence-electron chi connectivity index (χ1n) is 5.27. The zero-order valence-corrected chi connectivity index (χ0v) is 9.54. The summed E-state index contributed by atoms with van der Waals surface area (Å²) in [5.41, 5.74) is 1.54. The minimum absolute atomic E-state index is 0.335. The Bertz CT molecular complexity index is 513. The van der Waals surface area contributed by atoms with Crippen LogP contribution in [-0.2, 0) is 6.54 Å². The second-order valence-electron chi connectivity index (χ2n) is 3.71. The van der Waals surface area contributed by atoms with Crippen molar-refractivity contribution >= 4 is 5.82 Å². The summed E-state index contributed by atoms with van der Waals surface area (Å²) in [6, 6.07) is 12.1. The van der Waals surface area contributed by atoms with Crippen molar-refractivity contribution < 1.29 is 0 Å². The molecule has 0 aliphatic carbocycles. The first-order valence-corrected chi connectivity index (χ1v) is 5.27. The smallest absolute Gasteiger partial charge is 0.158 e. The standard InChI is InChI=1S/C13H12N4/c1-17(10-11-5-3-2-4-6-11)13-9-15-12(7-14)8-16-13/h2-6,8-9H,10H2,1H3. The van der Waals surface area contributed by atoms with Crippen molar-refractivity contribution in [1.29, 1.82) is 5.26 Å². The number of anilines is 1. The largest absolute Gasteiger partial charge is 0.354 e. The summed E-state index contributed by atoms with van der Waals surface area (Å²) in [6.45, 7) is 0.765. The van der Waals surface area contributed by atoms with Gasteiger partial charge in [0.15, 0.2) is 5.69 Å². The molecule has 0 saturated carbocycles. The molecule has 4 heteroatoms. The molecule has 0 amide bonds. The van der Waals surface area contributed by atoms with Crippen molar-refractivity contribution in [3.63, 3.8) is 0 Å². The third kappa shape index (κ3) is 2.79. The van der Waals surface area contributed by atoms with Crippen molar-refractivity contribution in [3.8, 4) is 6.07 Å².